The number of carbonyl (C=O) groups is 1. The second kappa shape index (κ2) is 5.98. The monoisotopic (exact) mass is 338 g/mol. The number of hydrogen-bond donors (Lipinski definition) is 1. The Labute approximate surface area is 136 Å². The van der Waals surface area contributed by atoms with Crippen LogP contribution in [0, 0.1) is 0 Å². The Morgan fingerprint density at radius 3 is 2.95 bits per heavy atom. The van der Waals surface area contributed by atoms with Gasteiger partial charge in [-0.3, -0.25) is 9.48 Å². The largest absolute Gasteiger partial charge is 0.360 e. The molecule has 8 heteroatoms. The van der Waals surface area contributed by atoms with Gasteiger partial charge in [-0.05, 0) is 12.1 Å². The minimum absolute atomic E-state index is 0.188. The fraction of sp³-hybridized carbons (Fsp3) is 0.214. The van der Waals surface area contributed by atoms with Crippen LogP contribution in [0.3, 0.4) is 0 Å². The van der Waals surface area contributed by atoms with Gasteiger partial charge in [-0.25, -0.2) is 0 Å². The molecule has 0 aliphatic heterocycles. The molecular weight excluding hydrogens is 327 g/mol. The van der Waals surface area contributed by atoms with Crippen LogP contribution in [0.5, 0.6) is 0 Å². The number of rotatable bonds is 4. The molecular formula is C14H12Cl2N4O2. The van der Waals surface area contributed by atoms with Gasteiger partial charge in [0.25, 0.3) is 0 Å². The van der Waals surface area contributed by atoms with Gasteiger partial charge in [0.1, 0.15) is 5.76 Å². The summed E-state index contributed by atoms with van der Waals surface area (Å²) >= 11 is 11.9. The summed E-state index contributed by atoms with van der Waals surface area (Å²) in [6.45, 7) is 0. The lowest BCUT2D eigenvalue weighted by Gasteiger charge is -2.02. The molecule has 3 aromatic rings. The van der Waals surface area contributed by atoms with Crippen LogP contribution in [0.1, 0.15) is 12.2 Å². The van der Waals surface area contributed by atoms with Crippen LogP contribution < -0.4 is 5.32 Å². The molecule has 0 fully saturated rings. The van der Waals surface area contributed by atoms with Crippen molar-refractivity contribution in [3.05, 3.63) is 40.2 Å². The second-order valence-corrected chi connectivity index (χ2v) is 5.56. The number of anilines is 1. The first-order valence-corrected chi connectivity index (χ1v) is 7.32. The molecule has 114 valence electrons. The highest BCUT2D eigenvalue weighted by Gasteiger charge is 2.14. The SMILES string of the molecule is Cn1nc(NC(=O)CCc2cc(Cl)no2)c2c(Cl)cccc21. The maximum absolute atomic E-state index is 12.1. The highest BCUT2D eigenvalue weighted by Crippen LogP contribution is 2.29. The maximum atomic E-state index is 12.1. The van der Waals surface area contributed by atoms with Crippen molar-refractivity contribution in [2.45, 2.75) is 12.8 Å². The van der Waals surface area contributed by atoms with Crippen LogP contribution >= 0.6 is 23.2 Å². The third-order valence-electron chi connectivity index (χ3n) is 3.21. The topological polar surface area (TPSA) is 73.0 Å². The number of carbonyl (C=O) groups excluding carboxylic acids is 1. The van der Waals surface area contributed by atoms with Crippen LogP contribution in [0.4, 0.5) is 5.82 Å². The number of nitrogens with one attached hydrogen (secondary N) is 1. The molecule has 1 amide bonds. The Balaban J connectivity index is 1.74. The van der Waals surface area contributed by atoms with Gasteiger partial charge in [-0.1, -0.05) is 34.4 Å². The van der Waals surface area contributed by atoms with E-state index in [-0.39, 0.29) is 17.5 Å². The van der Waals surface area contributed by atoms with Crippen molar-refractivity contribution in [1.29, 1.82) is 0 Å². The smallest absolute Gasteiger partial charge is 0.226 e. The third-order valence-corrected chi connectivity index (χ3v) is 3.71. The fourth-order valence-electron chi connectivity index (χ4n) is 2.20. The summed E-state index contributed by atoms with van der Waals surface area (Å²) in [5.74, 6) is 0.820. The zero-order valence-electron chi connectivity index (χ0n) is 11.6. The quantitative estimate of drug-likeness (QED) is 0.790. The van der Waals surface area contributed by atoms with Crippen molar-refractivity contribution in [3.63, 3.8) is 0 Å². The van der Waals surface area contributed by atoms with Gasteiger partial charge in [0, 0.05) is 26.0 Å². The predicted molar refractivity (Wildman–Crippen MR) is 84.2 cm³/mol. The standard InChI is InChI=1S/C14H12Cl2N4O2/c1-20-10-4-2-3-9(15)13(10)14(18-20)17-12(21)6-5-8-7-11(16)19-22-8/h2-4,7H,5-6H2,1H3,(H,17,18,21). The van der Waals surface area contributed by atoms with Crippen molar-refractivity contribution < 1.29 is 9.32 Å². The normalized spacial score (nSPS) is 11.0. The average Bonchev–Trinajstić information content (AvgIpc) is 3.02. The van der Waals surface area contributed by atoms with Gasteiger partial charge in [-0.15, -0.1) is 0 Å². The summed E-state index contributed by atoms with van der Waals surface area (Å²) < 4.78 is 6.63. The summed E-state index contributed by atoms with van der Waals surface area (Å²) in [5.41, 5.74) is 0.852. The van der Waals surface area contributed by atoms with Gasteiger partial charge in [0.15, 0.2) is 11.0 Å². The molecule has 0 radical (unpaired) electrons. The average molecular weight is 339 g/mol. The van der Waals surface area contributed by atoms with Gasteiger partial charge in [0.2, 0.25) is 5.91 Å². The summed E-state index contributed by atoms with van der Waals surface area (Å²) in [5, 5.41) is 12.2. The molecule has 1 N–H and O–H groups in total. The van der Waals surface area contributed by atoms with E-state index >= 15 is 0 Å². The van der Waals surface area contributed by atoms with E-state index in [0.29, 0.717) is 23.0 Å². The van der Waals surface area contributed by atoms with E-state index < -0.39 is 0 Å². The predicted octanol–water partition coefficient (Wildman–Crippen LogP) is 3.44. The molecule has 6 nitrogen and oxygen atoms in total. The molecule has 2 aromatic heterocycles. The van der Waals surface area contributed by atoms with Crippen molar-refractivity contribution in [2.24, 2.45) is 7.05 Å². The highest BCUT2D eigenvalue weighted by atomic mass is 35.5. The Bertz CT molecular complexity index is 841. The Morgan fingerprint density at radius 2 is 2.23 bits per heavy atom. The summed E-state index contributed by atoms with van der Waals surface area (Å²) in [6, 6.07) is 7.07. The van der Waals surface area contributed by atoms with E-state index in [4.69, 9.17) is 27.7 Å². The molecule has 0 bridgehead atoms. The minimum Gasteiger partial charge on any atom is -0.360 e. The van der Waals surface area contributed by atoms with Crippen molar-refractivity contribution in [1.82, 2.24) is 14.9 Å². The third kappa shape index (κ3) is 2.93. The van der Waals surface area contributed by atoms with Gasteiger partial charge < -0.3 is 9.84 Å². The number of aromatic nitrogens is 3. The number of nitrogens with zero attached hydrogens (tertiary/aromatic N) is 3. The number of amides is 1. The van der Waals surface area contributed by atoms with Crippen LogP contribution in [-0.2, 0) is 18.3 Å². The van der Waals surface area contributed by atoms with Crippen LogP contribution in [0.15, 0.2) is 28.8 Å². The van der Waals surface area contributed by atoms with E-state index in [2.05, 4.69) is 15.6 Å². The first kappa shape index (κ1) is 14.9. The number of benzene rings is 1. The van der Waals surface area contributed by atoms with Crippen LogP contribution in [0.2, 0.25) is 10.2 Å². The fourth-order valence-corrected chi connectivity index (χ4v) is 2.61. The summed E-state index contributed by atoms with van der Waals surface area (Å²) in [6.07, 6.45) is 0.637. The zero-order valence-corrected chi connectivity index (χ0v) is 13.1. The van der Waals surface area contributed by atoms with E-state index in [9.17, 15) is 4.79 Å². The first-order valence-electron chi connectivity index (χ1n) is 6.57. The lowest BCUT2D eigenvalue weighted by Crippen LogP contribution is -2.13. The molecule has 0 spiro atoms. The molecule has 0 unspecified atom stereocenters. The summed E-state index contributed by atoms with van der Waals surface area (Å²) in [7, 11) is 1.80. The van der Waals surface area contributed by atoms with Gasteiger partial charge in [0.05, 0.1) is 15.9 Å². The zero-order chi connectivity index (χ0) is 15.7. The number of halogens is 2. The highest BCUT2D eigenvalue weighted by molar-refractivity contribution is 6.36. The Hall–Kier alpha value is -2.05. The van der Waals surface area contributed by atoms with E-state index in [1.807, 2.05) is 12.1 Å². The van der Waals surface area contributed by atoms with Crippen LogP contribution in [0.25, 0.3) is 10.9 Å². The van der Waals surface area contributed by atoms with Crippen LogP contribution in [-0.4, -0.2) is 20.8 Å². The maximum Gasteiger partial charge on any atom is 0.226 e. The molecule has 0 saturated carbocycles. The van der Waals surface area contributed by atoms with E-state index in [1.165, 1.54) is 0 Å². The molecule has 0 aliphatic carbocycles. The molecule has 3 rings (SSSR count). The molecule has 1 aromatic carbocycles. The Morgan fingerprint density at radius 1 is 1.41 bits per heavy atom. The molecule has 0 aliphatic rings. The van der Waals surface area contributed by atoms with E-state index in [1.54, 1.807) is 23.9 Å². The molecule has 0 atom stereocenters. The van der Waals surface area contributed by atoms with Gasteiger partial charge >= 0.3 is 0 Å². The number of fused-ring (bicyclic) bond motifs is 1. The van der Waals surface area contributed by atoms with Crippen molar-refractivity contribution in [3.8, 4) is 0 Å². The summed E-state index contributed by atoms with van der Waals surface area (Å²) in [4.78, 5) is 12.1. The van der Waals surface area contributed by atoms with Gasteiger partial charge in [-0.2, -0.15) is 5.10 Å². The molecule has 22 heavy (non-hydrogen) atoms. The molecule has 0 saturated heterocycles. The number of aryl methyl sites for hydroxylation is 2. The minimum atomic E-state index is -0.188. The number of hydrogen-bond acceptors (Lipinski definition) is 4. The lowest BCUT2D eigenvalue weighted by atomic mass is 10.2. The van der Waals surface area contributed by atoms with Crippen molar-refractivity contribution >= 4 is 45.8 Å². The van der Waals surface area contributed by atoms with Crippen molar-refractivity contribution in [2.75, 3.05) is 5.32 Å². The lowest BCUT2D eigenvalue weighted by molar-refractivity contribution is -0.116. The van der Waals surface area contributed by atoms with E-state index in [0.717, 1.165) is 10.9 Å². The second-order valence-electron chi connectivity index (χ2n) is 4.77. The molecule has 2 heterocycles. The Kier molecular flexibility index (Phi) is 4.04. The first-order chi connectivity index (χ1) is 10.5.